The molecule has 2 heterocycles. The van der Waals surface area contributed by atoms with Crippen LogP contribution < -0.4 is 10.9 Å². The molecule has 0 saturated heterocycles. The first-order valence-corrected chi connectivity index (χ1v) is 6.83. The van der Waals surface area contributed by atoms with Gasteiger partial charge in [-0.15, -0.1) is 0 Å². The van der Waals surface area contributed by atoms with Crippen LogP contribution in [-0.2, 0) is 20.1 Å². The lowest BCUT2D eigenvalue weighted by Crippen LogP contribution is -2.26. The Balaban J connectivity index is 2.13. The molecule has 2 rings (SSSR count). The normalized spacial score (nSPS) is 11.1. The second kappa shape index (κ2) is 6.09. The van der Waals surface area contributed by atoms with Crippen LogP contribution in [0.5, 0.6) is 0 Å². The Hall–Kier alpha value is -1.82. The van der Waals surface area contributed by atoms with Gasteiger partial charge in [0.05, 0.1) is 24.1 Å². The highest BCUT2D eigenvalue weighted by Gasteiger charge is 2.10. The van der Waals surface area contributed by atoms with Crippen molar-refractivity contribution in [2.24, 2.45) is 13.0 Å². The van der Waals surface area contributed by atoms with Crippen molar-refractivity contribution < 1.29 is 0 Å². The average molecular weight is 296 g/mol. The molecule has 0 fully saturated rings. The molecule has 0 amide bonds. The van der Waals surface area contributed by atoms with Crippen molar-refractivity contribution in [1.82, 2.24) is 19.6 Å². The van der Waals surface area contributed by atoms with Crippen molar-refractivity contribution in [2.45, 2.75) is 26.9 Å². The summed E-state index contributed by atoms with van der Waals surface area (Å²) in [6.07, 6.45) is 3.44. The average Bonchev–Trinajstić information content (AvgIpc) is 2.79. The number of aryl methyl sites for hydroxylation is 1. The fourth-order valence-electron chi connectivity index (χ4n) is 1.81. The van der Waals surface area contributed by atoms with Gasteiger partial charge in [0.25, 0.3) is 5.56 Å². The molecule has 20 heavy (non-hydrogen) atoms. The third-order valence-electron chi connectivity index (χ3n) is 2.75. The number of anilines is 1. The fraction of sp³-hybridized carbons (Fsp3) is 0.462. The van der Waals surface area contributed by atoms with E-state index in [2.05, 4.69) is 15.5 Å². The first kappa shape index (κ1) is 14.6. The first-order chi connectivity index (χ1) is 9.47. The van der Waals surface area contributed by atoms with E-state index in [1.54, 1.807) is 10.9 Å². The molecular weight excluding hydrogens is 278 g/mol. The molecule has 7 heteroatoms. The molecule has 0 aliphatic rings. The number of halogens is 1. The van der Waals surface area contributed by atoms with E-state index < -0.39 is 0 Å². The molecule has 0 aliphatic carbocycles. The van der Waals surface area contributed by atoms with Crippen LogP contribution in [0.4, 0.5) is 5.69 Å². The number of aromatic nitrogens is 4. The molecule has 0 radical (unpaired) electrons. The molecule has 0 atom stereocenters. The first-order valence-electron chi connectivity index (χ1n) is 6.45. The highest BCUT2D eigenvalue weighted by molar-refractivity contribution is 6.32. The number of hydrogen-bond acceptors (Lipinski definition) is 4. The number of nitrogens with zero attached hydrogens (tertiary/aromatic N) is 4. The zero-order valence-corrected chi connectivity index (χ0v) is 12.6. The maximum absolute atomic E-state index is 12.0. The maximum Gasteiger partial charge on any atom is 0.287 e. The standard InChI is InChI=1S/C13H18ClN5O/c1-9(2)8-19-13(20)12(14)11(7-16-19)15-6-10-4-5-18(3)17-10/h4-5,7,9,15H,6,8H2,1-3H3. The lowest BCUT2D eigenvalue weighted by molar-refractivity contribution is 0.464. The molecule has 0 bridgehead atoms. The van der Waals surface area contributed by atoms with Gasteiger partial charge in [0.2, 0.25) is 0 Å². The van der Waals surface area contributed by atoms with Crippen LogP contribution in [-0.4, -0.2) is 19.6 Å². The van der Waals surface area contributed by atoms with Crippen LogP contribution in [0.3, 0.4) is 0 Å². The second-order valence-electron chi connectivity index (χ2n) is 5.09. The maximum atomic E-state index is 12.0. The van der Waals surface area contributed by atoms with Crippen LogP contribution in [0.1, 0.15) is 19.5 Å². The zero-order valence-electron chi connectivity index (χ0n) is 11.8. The monoisotopic (exact) mass is 295 g/mol. The van der Waals surface area contributed by atoms with Crippen molar-refractivity contribution in [3.8, 4) is 0 Å². The molecular formula is C13H18ClN5O. The van der Waals surface area contributed by atoms with Gasteiger partial charge >= 0.3 is 0 Å². The van der Waals surface area contributed by atoms with Gasteiger partial charge in [0.1, 0.15) is 5.02 Å². The lowest BCUT2D eigenvalue weighted by Gasteiger charge is -2.10. The SMILES string of the molecule is CC(C)Cn1ncc(NCc2ccn(C)n2)c(Cl)c1=O. The number of hydrogen-bond donors (Lipinski definition) is 1. The summed E-state index contributed by atoms with van der Waals surface area (Å²) in [4.78, 5) is 12.0. The molecule has 0 unspecified atom stereocenters. The Morgan fingerprint density at radius 1 is 1.45 bits per heavy atom. The third kappa shape index (κ3) is 3.39. The zero-order chi connectivity index (χ0) is 14.7. The smallest absolute Gasteiger partial charge is 0.287 e. The van der Waals surface area contributed by atoms with Crippen LogP contribution in [0.25, 0.3) is 0 Å². The van der Waals surface area contributed by atoms with Gasteiger partial charge in [-0.3, -0.25) is 9.48 Å². The van der Waals surface area contributed by atoms with E-state index in [0.29, 0.717) is 24.7 Å². The molecule has 0 aromatic carbocycles. The van der Waals surface area contributed by atoms with Crippen LogP contribution in [0, 0.1) is 5.92 Å². The van der Waals surface area contributed by atoms with E-state index in [1.165, 1.54) is 4.68 Å². The Labute approximate surface area is 122 Å². The highest BCUT2D eigenvalue weighted by Crippen LogP contribution is 2.16. The second-order valence-corrected chi connectivity index (χ2v) is 5.47. The largest absolute Gasteiger partial charge is 0.377 e. The van der Waals surface area contributed by atoms with E-state index in [1.807, 2.05) is 33.2 Å². The van der Waals surface area contributed by atoms with Crippen molar-refractivity contribution in [1.29, 1.82) is 0 Å². The summed E-state index contributed by atoms with van der Waals surface area (Å²) in [5.74, 6) is 0.337. The predicted octanol–water partition coefficient (Wildman–Crippen LogP) is 1.90. The molecule has 6 nitrogen and oxygen atoms in total. The van der Waals surface area contributed by atoms with E-state index in [9.17, 15) is 4.79 Å². The highest BCUT2D eigenvalue weighted by atomic mass is 35.5. The molecule has 2 aromatic heterocycles. The van der Waals surface area contributed by atoms with Gasteiger partial charge in [-0.25, -0.2) is 4.68 Å². The Kier molecular flexibility index (Phi) is 4.44. The van der Waals surface area contributed by atoms with Gasteiger partial charge in [-0.2, -0.15) is 10.2 Å². The number of rotatable bonds is 5. The van der Waals surface area contributed by atoms with E-state index >= 15 is 0 Å². The molecule has 1 N–H and O–H groups in total. The van der Waals surface area contributed by atoms with Crippen molar-refractivity contribution in [3.63, 3.8) is 0 Å². The quantitative estimate of drug-likeness (QED) is 0.915. The fourth-order valence-corrected chi connectivity index (χ4v) is 2.02. The Morgan fingerprint density at radius 3 is 2.80 bits per heavy atom. The number of nitrogens with one attached hydrogen (secondary N) is 1. The Bertz CT molecular complexity index is 646. The van der Waals surface area contributed by atoms with Crippen molar-refractivity contribution in [3.05, 3.63) is 39.5 Å². The molecule has 2 aromatic rings. The van der Waals surface area contributed by atoms with E-state index in [4.69, 9.17) is 11.6 Å². The Morgan fingerprint density at radius 2 is 2.20 bits per heavy atom. The summed E-state index contributed by atoms with van der Waals surface area (Å²) in [5, 5.41) is 11.6. The lowest BCUT2D eigenvalue weighted by atomic mass is 10.2. The van der Waals surface area contributed by atoms with Gasteiger partial charge in [-0.05, 0) is 12.0 Å². The minimum absolute atomic E-state index is 0.164. The minimum Gasteiger partial charge on any atom is -0.377 e. The summed E-state index contributed by atoms with van der Waals surface area (Å²) in [7, 11) is 1.85. The van der Waals surface area contributed by atoms with Crippen LogP contribution in [0.15, 0.2) is 23.3 Å². The van der Waals surface area contributed by atoms with Gasteiger partial charge in [0.15, 0.2) is 0 Å². The summed E-state index contributed by atoms with van der Waals surface area (Å²) in [5.41, 5.74) is 1.13. The summed E-state index contributed by atoms with van der Waals surface area (Å²) in [6, 6.07) is 1.90. The summed E-state index contributed by atoms with van der Waals surface area (Å²) in [6.45, 7) is 5.10. The van der Waals surface area contributed by atoms with Crippen molar-refractivity contribution >= 4 is 17.3 Å². The van der Waals surface area contributed by atoms with E-state index in [0.717, 1.165) is 5.69 Å². The third-order valence-corrected chi connectivity index (χ3v) is 3.12. The van der Waals surface area contributed by atoms with Crippen LogP contribution in [0.2, 0.25) is 5.02 Å². The summed E-state index contributed by atoms with van der Waals surface area (Å²) < 4.78 is 3.11. The van der Waals surface area contributed by atoms with E-state index in [-0.39, 0.29) is 10.6 Å². The van der Waals surface area contributed by atoms with Gasteiger partial charge in [0, 0.05) is 19.8 Å². The molecule has 0 saturated carbocycles. The summed E-state index contributed by atoms with van der Waals surface area (Å²) >= 11 is 6.09. The van der Waals surface area contributed by atoms with Crippen LogP contribution >= 0.6 is 11.6 Å². The molecule has 0 aliphatic heterocycles. The topological polar surface area (TPSA) is 64.7 Å². The van der Waals surface area contributed by atoms with Gasteiger partial charge < -0.3 is 5.32 Å². The predicted molar refractivity (Wildman–Crippen MR) is 78.9 cm³/mol. The van der Waals surface area contributed by atoms with Gasteiger partial charge in [-0.1, -0.05) is 25.4 Å². The molecule has 0 spiro atoms. The molecule has 108 valence electrons. The minimum atomic E-state index is -0.272. The van der Waals surface area contributed by atoms with Crippen molar-refractivity contribution in [2.75, 3.05) is 5.32 Å².